The van der Waals surface area contributed by atoms with Crippen LogP contribution in [0.4, 0.5) is 0 Å². The molecule has 2 atom stereocenters. The Morgan fingerprint density at radius 1 is 1.07 bits per heavy atom. The lowest BCUT2D eigenvalue weighted by Gasteiger charge is -2.36. The lowest BCUT2D eigenvalue weighted by molar-refractivity contribution is 0.0135. The lowest BCUT2D eigenvalue weighted by Crippen LogP contribution is -2.50. The highest BCUT2D eigenvalue weighted by atomic mass is 16.5. The second kappa shape index (κ2) is 10.4. The SMILES string of the molecule is COc1cc(CNC(C)C(C)N2CCOCC2)ccc1OCc1ccncc1. The van der Waals surface area contributed by atoms with Crippen molar-refractivity contribution in [3.8, 4) is 11.5 Å². The topological polar surface area (TPSA) is 55.9 Å². The average Bonchev–Trinajstić information content (AvgIpc) is 2.77. The van der Waals surface area contributed by atoms with Gasteiger partial charge >= 0.3 is 0 Å². The summed E-state index contributed by atoms with van der Waals surface area (Å²) in [5.41, 5.74) is 2.25. The highest BCUT2D eigenvalue weighted by molar-refractivity contribution is 5.43. The number of nitrogens with zero attached hydrogens (tertiary/aromatic N) is 2. The van der Waals surface area contributed by atoms with Gasteiger partial charge in [0.1, 0.15) is 6.61 Å². The van der Waals surface area contributed by atoms with Gasteiger partial charge in [0.05, 0.1) is 20.3 Å². The molecule has 0 amide bonds. The molecule has 0 bridgehead atoms. The van der Waals surface area contributed by atoms with Crippen LogP contribution >= 0.6 is 0 Å². The highest BCUT2D eigenvalue weighted by Gasteiger charge is 2.21. The van der Waals surface area contributed by atoms with Crippen molar-refractivity contribution in [1.29, 1.82) is 0 Å². The number of hydrogen-bond acceptors (Lipinski definition) is 6. The Kier molecular flexibility index (Phi) is 7.65. The van der Waals surface area contributed by atoms with Crippen molar-refractivity contribution in [1.82, 2.24) is 15.2 Å². The second-order valence-electron chi connectivity index (χ2n) is 7.19. The number of nitrogens with one attached hydrogen (secondary N) is 1. The molecule has 6 nitrogen and oxygen atoms in total. The van der Waals surface area contributed by atoms with Crippen molar-refractivity contribution in [2.24, 2.45) is 0 Å². The fourth-order valence-electron chi connectivity index (χ4n) is 3.33. The van der Waals surface area contributed by atoms with Gasteiger partial charge in [-0.05, 0) is 49.2 Å². The summed E-state index contributed by atoms with van der Waals surface area (Å²) in [6.07, 6.45) is 3.54. The van der Waals surface area contributed by atoms with E-state index in [1.54, 1.807) is 19.5 Å². The average molecular weight is 386 g/mol. The van der Waals surface area contributed by atoms with Crippen LogP contribution in [0, 0.1) is 0 Å². The lowest BCUT2D eigenvalue weighted by atomic mass is 10.1. The number of morpholine rings is 1. The van der Waals surface area contributed by atoms with Crippen LogP contribution in [0.5, 0.6) is 11.5 Å². The summed E-state index contributed by atoms with van der Waals surface area (Å²) in [7, 11) is 1.68. The summed E-state index contributed by atoms with van der Waals surface area (Å²) in [5, 5.41) is 3.64. The van der Waals surface area contributed by atoms with Crippen LogP contribution in [0.15, 0.2) is 42.7 Å². The van der Waals surface area contributed by atoms with Crippen molar-refractivity contribution in [3.63, 3.8) is 0 Å². The zero-order chi connectivity index (χ0) is 19.8. The first-order valence-electron chi connectivity index (χ1n) is 9.91. The molecule has 1 aliphatic rings. The van der Waals surface area contributed by atoms with E-state index in [-0.39, 0.29) is 0 Å². The first-order chi connectivity index (χ1) is 13.7. The maximum absolute atomic E-state index is 5.92. The van der Waals surface area contributed by atoms with Crippen LogP contribution in [0.3, 0.4) is 0 Å². The largest absolute Gasteiger partial charge is 0.493 e. The zero-order valence-electron chi connectivity index (χ0n) is 17.1. The summed E-state index contributed by atoms with van der Waals surface area (Å²) >= 11 is 0. The zero-order valence-corrected chi connectivity index (χ0v) is 17.1. The van der Waals surface area contributed by atoms with Gasteiger partial charge in [-0.15, -0.1) is 0 Å². The monoisotopic (exact) mass is 385 g/mol. The molecule has 6 heteroatoms. The van der Waals surface area contributed by atoms with Gasteiger partial charge in [-0.25, -0.2) is 0 Å². The summed E-state index contributed by atoms with van der Waals surface area (Å²) < 4.78 is 16.9. The minimum atomic E-state index is 0.381. The Bertz CT molecular complexity index is 720. The molecular weight excluding hydrogens is 354 g/mol. The Balaban J connectivity index is 1.54. The second-order valence-corrected chi connectivity index (χ2v) is 7.19. The van der Waals surface area contributed by atoms with Crippen LogP contribution in [0.2, 0.25) is 0 Å². The van der Waals surface area contributed by atoms with E-state index in [1.807, 2.05) is 24.3 Å². The van der Waals surface area contributed by atoms with Crippen LogP contribution in [-0.2, 0) is 17.9 Å². The first kappa shape index (κ1) is 20.6. The minimum Gasteiger partial charge on any atom is -0.493 e. The number of pyridine rings is 1. The predicted molar refractivity (Wildman–Crippen MR) is 110 cm³/mol. The molecule has 2 aromatic rings. The third-order valence-corrected chi connectivity index (χ3v) is 5.35. The summed E-state index contributed by atoms with van der Waals surface area (Å²) in [4.78, 5) is 6.51. The molecule has 1 aromatic heterocycles. The minimum absolute atomic E-state index is 0.381. The molecular formula is C22H31N3O3. The van der Waals surface area contributed by atoms with Crippen LogP contribution < -0.4 is 14.8 Å². The number of aromatic nitrogens is 1. The number of benzene rings is 1. The molecule has 1 fully saturated rings. The van der Waals surface area contributed by atoms with E-state index in [0.717, 1.165) is 49.9 Å². The molecule has 3 rings (SSSR count). The van der Waals surface area contributed by atoms with E-state index in [4.69, 9.17) is 14.2 Å². The smallest absolute Gasteiger partial charge is 0.161 e. The molecule has 2 unspecified atom stereocenters. The van der Waals surface area contributed by atoms with E-state index in [0.29, 0.717) is 18.7 Å². The Labute approximate surface area is 167 Å². The van der Waals surface area contributed by atoms with Crippen LogP contribution in [-0.4, -0.2) is 55.4 Å². The van der Waals surface area contributed by atoms with Gasteiger partial charge in [0.15, 0.2) is 11.5 Å². The molecule has 0 aliphatic carbocycles. The fourth-order valence-corrected chi connectivity index (χ4v) is 3.33. The maximum Gasteiger partial charge on any atom is 0.161 e. The summed E-state index contributed by atoms with van der Waals surface area (Å²) in [6, 6.07) is 10.8. The molecule has 28 heavy (non-hydrogen) atoms. The van der Waals surface area contributed by atoms with Gasteiger partial charge in [-0.3, -0.25) is 9.88 Å². The first-order valence-corrected chi connectivity index (χ1v) is 9.91. The van der Waals surface area contributed by atoms with Gasteiger partial charge in [-0.1, -0.05) is 6.07 Å². The van der Waals surface area contributed by atoms with Crippen molar-refractivity contribution in [2.45, 2.75) is 39.1 Å². The van der Waals surface area contributed by atoms with E-state index in [9.17, 15) is 0 Å². The standard InChI is InChI=1S/C22H31N3O3/c1-17(18(2)25-10-12-27-13-11-25)24-15-20-4-5-21(22(14-20)26-3)28-16-19-6-8-23-9-7-19/h4-9,14,17-18,24H,10-13,15-16H2,1-3H3. The van der Waals surface area contributed by atoms with E-state index in [2.05, 4.69) is 35.1 Å². The van der Waals surface area contributed by atoms with E-state index < -0.39 is 0 Å². The number of ether oxygens (including phenoxy) is 3. The molecule has 1 aliphatic heterocycles. The van der Waals surface area contributed by atoms with E-state index in [1.165, 1.54) is 5.56 Å². The molecule has 1 aromatic carbocycles. The van der Waals surface area contributed by atoms with Gasteiger partial charge in [0.2, 0.25) is 0 Å². The molecule has 2 heterocycles. The van der Waals surface area contributed by atoms with Crippen molar-refractivity contribution in [2.75, 3.05) is 33.4 Å². The van der Waals surface area contributed by atoms with Crippen LogP contribution in [0.25, 0.3) is 0 Å². The molecule has 1 N–H and O–H groups in total. The fraction of sp³-hybridized carbons (Fsp3) is 0.500. The predicted octanol–water partition coefficient (Wildman–Crippen LogP) is 2.87. The Morgan fingerprint density at radius 2 is 1.82 bits per heavy atom. The van der Waals surface area contributed by atoms with Crippen molar-refractivity contribution >= 4 is 0 Å². The molecule has 1 saturated heterocycles. The third-order valence-electron chi connectivity index (χ3n) is 5.35. The van der Waals surface area contributed by atoms with Gasteiger partial charge in [0, 0.05) is 44.1 Å². The van der Waals surface area contributed by atoms with Gasteiger partial charge in [0.25, 0.3) is 0 Å². The summed E-state index contributed by atoms with van der Waals surface area (Å²) in [6.45, 7) is 9.46. The normalized spacial score (nSPS) is 17.1. The number of rotatable bonds is 9. The Hall–Kier alpha value is -2.15. The molecule has 0 spiro atoms. The van der Waals surface area contributed by atoms with Gasteiger partial charge < -0.3 is 19.5 Å². The Morgan fingerprint density at radius 3 is 2.54 bits per heavy atom. The third kappa shape index (κ3) is 5.67. The quantitative estimate of drug-likeness (QED) is 0.716. The highest BCUT2D eigenvalue weighted by Crippen LogP contribution is 2.29. The van der Waals surface area contributed by atoms with Crippen molar-refractivity contribution in [3.05, 3.63) is 53.9 Å². The molecule has 152 valence electrons. The summed E-state index contributed by atoms with van der Waals surface area (Å²) in [5.74, 6) is 1.50. The van der Waals surface area contributed by atoms with Crippen molar-refractivity contribution < 1.29 is 14.2 Å². The number of methoxy groups -OCH3 is 1. The molecule has 0 radical (unpaired) electrons. The maximum atomic E-state index is 5.92. The van der Waals surface area contributed by atoms with Crippen LogP contribution in [0.1, 0.15) is 25.0 Å². The number of hydrogen-bond donors (Lipinski definition) is 1. The van der Waals surface area contributed by atoms with E-state index >= 15 is 0 Å². The molecule has 0 saturated carbocycles. The van der Waals surface area contributed by atoms with Gasteiger partial charge in [-0.2, -0.15) is 0 Å².